The molecule has 2 N–H and O–H groups in total. The first-order valence-electron chi connectivity index (χ1n) is 7.37. The smallest absolute Gasteiger partial charge is 0.303 e. The van der Waals surface area contributed by atoms with Crippen molar-refractivity contribution in [1.82, 2.24) is 15.1 Å². The second-order valence-electron chi connectivity index (χ2n) is 5.42. The normalized spacial score (nSPS) is 12.2. The van der Waals surface area contributed by atoms with E-state index in [1.54, 1.807) is 4.68 Å². The lowest BCUT2D eigenvalue weighted by molar-refractivity contribution is -0.137. The Balaban J connectivity index is 2.47. The van der Waals surface area contributed by atoms with Crippen molar-refractivity contribution >= 4 is 11.9 Å². The van der Waals surface area contributed by atoms with Crippen LogP contribution in [0.5, 0.6) is 0 Å². The second-order valence-corrected chi connectivity index (χ2v) is 5.42. The Morgan fingerprint density at radius 1 is 1.33 bits per heavy atom. The molecule has 1 aromatic rings. The number of aliphatic carboxylic acids is 1. The van der Waals surface area contributed by atoms with Gasteiger partial charge in [-0.05, 0) is 32.6 Å². The third-order valence-corrected chi connectivity index (χ3v) is 3.92. The van der Waals surface area contributed by atoms with Crippen LogP contribution in [0.4, 0.5) is 0 Å². The minimum atomic E-state index is -0.765. The number of aryl methyl sites for hydroxylation is 2. The standard InChI is InChI=1S/C15H25N3O3/c1-5-12(6-7-13(19)20)8-9-16-15(21)14-10(2)17-18(4)11(14)3/h12H,5-9H2,1-4H3,(H,16,21)(H,19,20). The van der Waals surface area contributed by atoms with Crippen LogP contribution >= 0.6 is 0 Å². The average molecular weight is 295 g/mol. The Morgan fingerprint density at radius 2 is 2.00 bits per heavy atom. The quantitative estimate of drug-likeness (QED) is 0.768. The van der Waals surface area contributed by atoms with Crippen LogP contribution in [0.3, 0.4) is 0 Å². The summed E-state index contributed by atoms with van der Waals surface area (Å²) in [6.07, 6.45) is 2.57. The van der Waals surface area contributed by atoms with Gasteiger partial charge in [0.05, 0.1) is 11.3 Å². The molecule has 0 aliphatic rings. The molecule has 0 aliphatic heterocycles. The highest BCUT2D eigenvalue weighted by molar-refractivity contribution is 5.96. The molecule has 0 aromatic carbocycles. The summed E-state index contributed by atoms with van der Waals surface area (Å²) in [5.41, 5.74) is 2.21. The van der Waals surface area contributed by atoms with Crippen molar-refractivity contribution in [2.75, 3.05) is 6.54 Å². The highest BCUT2D eigenvalue weighted by atomic mass is 16.4. The molecule has 1 rings (SSSR count). The van der Waals surface area contributed by atoms with Gasteiger partial charge < -0.3 is 10.4 Å². The molecule has 0 aliphatic carbocycles. The van der Waals surface area contributed by atoms with Crippen molar-refractivity contribution < 1.29 is 14.7 Å². The molecule has 6 heteroatoms. The van der Waals surface area contributed by atoms with Crippen LogP contribution in [0.1, 0.15) is 54.4 Å². The number of amides is 1. The van der Waals surface area contributed by atoms with Gasteiger partial charge in [0.2, 0.25) is 0 Å². The van der Waals surface area contributed by atoms with E-state index in [1.165, 1.54) is 0 Å². The van der Waals surface area contributed by atoms with E-state index in [0.29, 0.717) is 24.4 Å². The Morgan fingerprint density at radius 3 is 2.48 bits per heavy atom. The summed E-state index contributed by atoms with van der Waals surface area (Å²) >= 11 is 0. The number of carbonyl (C=O) groups excluding carboxylic acids is 1. The fourth-order valence-electron chi connectivity index (χ4n) is 2.46. The maximum atomic E-state index is 12.2. The van der Waals surface area contributed by atoms with Crippen molar-refractivity contribution in [2.45, 2.75) is 46.5 Å². The number of hydrogen-bond acceptors (Lipinski definition) is 3. The average Bonchev–Trinajstić information content (AvgIpc) is 2.66. The predicted molar refractivity (Wildman–Crippen MR) is 80.3 cm³/mol. The van der Waals surface area contributed by atoms with Crippen LogP contribution in [-0.2, 0) is 11.8 Å². The van der Waals surface area contributed by atoms with Crippen LogP contribution in [0.25, 0.3) is 0 Å². The monoisotopic (exact) mass is 295 g/mol. The van der Waals surface area contributed by atoms with Crippen molar-refractivity contribution in [3.05, 3.63) is 17.0 Å². The minimum absolute atomic E-state index is 0.105. The number of hydrogen-bond donors (Lipinski definition) is 2. The van der Waals surface area contributed by atoms with Crippen molar-refractivity contribution in [3.8, 4) is 0 Å². The Labute approximate surface area is 125 Å². The van der Waals surface area contributed by atoms with E-state index in [9.17, 15) is 9.59 Å². The van der Waals surface area contributed by atoms with E-state index < -0.39 is 5.97 Å². The fraction of sp³-hybridized carbons (Fsp3) is 0.667. The van der Waals surface area contributed by atoms with Crippen LogP contribution in [0.15, 0.2) is 0 Å². The van der Waals surface area contributed by atoms with Gasteiger partial charge in [0.25, 0.3) is 5.91 Å². The fourth-order valence-corrected chi connectivity index (χ4v) is 2.46. The van der Waals surface area contributed by atoms with Gasteiger partial charge in [0, 0.05) is 25.7 Å². The van der Waals surface area contributed by atoms with E-state index in [0.717, 1.165) is 24.2 Å². The zero-order valence-electron chi connectivity index (χ0n) is 13.3. The molecule has 0 saturated carbocycles. The Bertz CT molecular complexity index is 509. The molecule has 1 atom stereocenters. The summed E-state index contributed by atoms with van der Waals surface area (Å²) < 4.78 is 1.70. The zero-order chi connectivity index (χ0) is 16.0. The molecule has 0 saturated heterocycles. The predicted octanol–water partition coefficient (Wildman–Crippen LogP) is 2.05. The number of carboxylic acid groups (broad SMARTS) is 1. The maximum absolute atomic E-state index is 12.2. The lowest BCUT2D eigenvalue weighted by atomic mass is 9.96. The van der Waals surface area contributed by atoms with E-state index in [-0.39, 0.29) is 12.3 Å². The van der Waals surface area contributed by atoms with E-state index >= 15 is 0 Å². The number of carbonyl (C=O) groups is 2. The first-order valence-corrected chi connectivity index (χ1v) is 7.37. The Kier molecular flexibility index (Phi) is 6.39. The Hall–Kier alpha value is -1.85. The van der Waals surface area contributed by atoms with E-state index in [4.69, 9.17) is 5.11 Å². The van der Waals surface area contributed by atoms with Crippen molar-refractivity contribution in [2.24, 2.45) is 13.0 Å². The summed E-state index contributed by atoms with van der Waals surface area (Å²) in [4.78, 5) is 22.8. The van der Waals surface area contributed by atoms with Gasteiger partial charge in [-0.15, -0.1) is 0 Å². The molecule has 1 aromatic heterocycles. The largest absolute Gasteiger partial charge is 0.481 e. The molecule has 0 bridgehead atoms. The van der Waals surface area contributed by atoms with Gasteiger partial charge in [0.1, 0.15) is 0 Å². The van der Waals surface area contributed by atoms with Gasteiger partial charge in [-0.3, -0.25) is 14.3 Å². The highest BCUT2D eigenvalue weighted by Gasteiger charge is 2.17. The zero-order valence-corrected chi connectivity index (χ0v) is 13.3. The first kappa shape index (κ1) is 17.2. The molecule has 1 unspecified atom stereocenters. The summed E-state index contributed by atoms with van der Waals surface area (Å²) in [5.74, 6) is -0.539. The van der Waals surface area contributed by atoms with Crippen molar-refractivity contribution in [3.63, 3.8) is 0 Å². The maximum Gasteiger partial charge on any atom is 0.303 e. The molecule has 21 heavy (non-hydrogen) atoms. The molecule has 118 valence electrons. The minimum Gasteiger partial charge on any atom is -0.481 e. The van der Waals surface area contributed by atoms with Gasteiger partial charge in [-0.2, -0.15) is 5.10 Å². The lowest BCUT2D eigenvalue weighted by Crippen LogP contribution is -2.27. The van der Waals surface area contributed by atoms with Crippen molar-refractivity contribution in [1.29, 1.82) is 0 Å². The summed E-state index contributed by atoms with van der Waals surface area (Å²) in [5, 5.41) is 15.8. The van der Waals surface area contributed by atoms with Crippen LogP contribution in [-0.4, -0.2) is 33.3 Å². The third-order valence-electron chi connectivity index (χ3n) is 3.92. The highest BCUT2D eigenvalue weighted by Crippen LogP contribution is 2.15. The molecule has 0 radical (unpaired) electrons. The first-order chi connectivity index (χ1) is 9.86. The molecule has 0 spiro atoms. The summed E-state index contributed by atoms with van der Waals surface area (Å²) in [6, 6.07) is 0. The molecular weight excluding hydrogens is 270 g/mol. The number of aromatic nitrogens is 2. The lowest BCUT2D eigenvalue weighted by Gasteiger charge is -2.14. The topological polar surface area (TPSA) is 84.2 Å². The van der Waals surface area contributed by atoms with Crippen LogP contribution < -0.4 is 5.32 Å². The van der Waals surface area contributed by atoms with E-state index in [1.807, 2.05) is 27.8 Å². The van der Waals surface area contributed by atoms with Gasteiger partial charge >= 0.3 is 5.97 Å². The number of nitrogens with one attached hydrogen (secondary N) is 1. The van der Waals surface area contributed by atoms with Gasteiger partial charge in [-0.1, -0.05) is 13.3 Å². The van der Waals surface area contributed by atoms with E-state index in [2.05, 4.69) is 10.4 Å². The number of nitrogens with zero attached hydrogens (tertiary/aromatic N) is 2. The van der Waals surface area contributed by atoms with Gasteiger partial charge in [0.15, 0.2) is 0 Å². The third kappa shape index (κ3) is 4.88. The number of carboxylic acids is 1. The molecular formula is C15H25N3O3. The summed E-state index contributed by atoms with van der Waals surface area (Å²) in [6.45, 7) is 6.30. The second kappa shape index (κ2) is 7.81. The van der Waals surface area contributed by atoms with Crippen LogP contribution in [0, 0.1) is 19.8 Å². The molecule has 1 amide bonds. The molecule has 6 nitrogen and oxygen atoms in total. The number of rotatable bonds is 8. The van der Waals surface area contributed by atoms with Gasteiger partial charge in [-0.25, -0.2) is 0 Å². The SMILES string of the molecule is CCC(CCNC(=O)c1c(C)nn(C)c1C)CCC(=O)O. The summed E-state index contributed by atoms with van der Waals surface area (Å²) in [7, 11) is 1.82. The molecule has 0 fully saturated rings. The van der Waals surface area contributed by atoms with Crippen LogP contribution in [0.2, 0.25) is 0 Å². The molecule has 1 heterocycles.